The lowest BCUT2D eigenvalue weighted by molar-refractivity contribution is -0.186. The average molecular weight is 567 g/mol. The van der Waals surface area contributed by atoms with E-state index in [1.807, 2.05) is 6.92 Å². The number of ether oxygens (including phenoxy) is 3. The SMILES string of the molecule is CCn1ncc2cc(Cl)nc(/C=C/COC(COC3CCCCO3)C(NC(=O)C(F)(F)F)c3ccccc3)c21. The van der Waals surface area contributed by atoms with Gasteiger partial charge >= 0.3 is 12.1 Å². The number of nitrogens with one attached hydrogen (secondary N) is 1. The standard InChI is InChI=1S/C27H30ClF3N4O4/c1-2-35-25-19(16-32-35)15-22(28)33-20(25)11-8-14-37-21(17-39-23-12-6-7-13-38-23)24(18-9-4-3-5-10-18)34-26(36)27(29,30)31/h3-5,8-11,15-16,21,23-24H,2,6-7,12-14,17H2,1H3,(H,34,36)/b11-8+. The summed E-state index contributed by atoms with van der Waals surface area (Å²) in [6.45, 7) is 3.03. The van der Waals surface area contributed by atoms with Crippen molar-refractivity contribution >= 4 is 34.5 Å². The van der Waals surface area contributed by atoms with E-state index in [4.69, 9.17) is 25.8 Å². The molecular weight excluding hydrogens is 537 g/mol. The predicted octanol–water partition coefficient (Wildman–Crippen LogP) is 5.47. The Morgan fingerprint density at radius 3 is 2.79 bits per heavy atom. The molecule has 0 radical (unpaired) electrons. The normalized spacial score (nSPS) is 17.9. The van der Waals surface area contributed by atoms with Gasteiger partial charge in [0.2, 0.25) is 0 Å². The number of alkyl halides is 3. The molecule has 0 bridgehead atoms. The molecule has 12 heteroatoms. The molecule has 1 amide bonds. The maximum absolute atomic E-state index is 13.2. The van der Waals surface area contributed by atoms with Crippen LogP contribution in [0.3, 0.4) is 0 Å². The van der Waals surface area contributed by atoms with Crippen molar-refractivity contribution in [2.24, 2.45) is 0 Å². The summed E-state index contributed by atoms with van der Waals surface area (Å²) in [5.41, 5.74) is 1.82. The molecular formula is C27H30ClF3N4O4. The molecule has 1 fully saturated rings. The number of halogens is 4. The van der Waals surface area contributed by atoms with Gasteiger partial charge in [-0.3, -0.25) is 9.48 Å². The Hall–Kier alpha value is -2.99. The van der Waals surface area contributed by atoms with Gasteiger partial charge in [-0.25, -0.2) is 4.98 Å². The maximum Gasteiger partial charge on any atom is 0.471 e. The van der Waals surface area contributed by atoms with Crippen LogP contribution in [0.4, 0.5) is 13.2 Å². The first kappa shape index (κ1) is 29.0. The van der Waals surface area contributed by atoms with Crippen LogP contribution >= 0.6 is 11.6 Å². The van der Waals surface area contributed by atoms with Gasteiger partial charge in [0.25, 0.3) is 0 Å². The van der Waals surface area contributed by atoms with Crippen molar-refractivity contribution in [3.63, 3.8) is 0 Å². The summed E-state index contributed by atoms with van der Waals surface area (Å²) in [6.07, 6.45) is 1.10. The van der Waals surface area contributed by atoms with Gasteiger partial charge in [0.15, 0.2) is 6.29 Å². The fraction of sp³-hybridized carbons (Fsp3) is 0.444. The molecule has 0 saturated carbocycles. The summed E-state index contributed by atoms with van der Waals surface area (Å²) in [5.74, 6) is -2.06. The third-order valence-corrected chi connectivity index (χ3v) is 6.45. The largest absolute Gasteiger partial charge is 0.471 e. The summed E-state index contributed by atoms with van der Waals surface area (Å²) in [7, 11) is 0. The van der Waals surface area contributed by atoms with Crippen molar-refractivity contribution in [3.05, 3.63) is 65.1 Å². The zero-order chi connectivity index (χ0) is 27.8. The number of hydrogen-bond donors (Lipinski definition) is 1. The topological polar surface area (TPSA) is 87.5 Å². The molecule has 1 aromatic carbocycles. The lowest BCUT2D eigenvalue weighted by Gasteiger charge is -2.31. The van der Waals surface area contributed by atoms with Gasteiger partial charge in [-0.2, -0.15) is 18.3 Å². The Bertz CT molecular complexity index is 1260. The zero-order valence-corrected chi connectivity index (χ0v) is 22.1. The summed E-state index contributed by atoms with van der Waals surface area (Å²) >= 11 is 6.18. The van der Waals surface area contributed by atoms with Crippen LogP contribution in [0.15, 0.2) is 48.7 Å². The second-order valence-electron chi connectivity index (χ2n) is 8.99. The molecule has 0 aliphatic carbocycles. The Labute approximate surface area is 229 Å². The van der Waals surface area contributed by atoms with Crippen LogP contribution in [0, 0.1) is 0 Å². The zero-order valence-electron chi connectivity index (χ0n) is 21.4. The van der Waals surface area contributed by atoms with Gasteiger partial charge in [0, 0.05) is 18.5 Å². The summed E-state index contributed by atoms with van der Waals surface area (Å²) in [4.78, 5) is 16.3. The van der Waals surface area contributed by atoms with E-state index in [1.54, 1.807) is 59.4 Å². The summed E-state index contributed by atoms with van der Waals surface area (Å²) in [6, 6.07) is 8.94. The first-order valence-corrected chi connectivity index (χ1v) is 13.1. The number of fused-ring (bicyclic) bond motifs is 1. The van der Waals surface area contributed by atoms with Crippen LogP contribution in [-0.4, -0.2) is 59.1 Å². The van der Waals surface area contributed by atoms with Gasteiger partial charge in [-0.15, -0.1) is 0 Å². The van der Waals surface area contributed by atoms with E-state index in [0.717, 1.165) is 23.7 Å². The van der Waals surface area contributed by atoms with Gasteiger partial charge < -0.3 is 19.5 Å². The number of nitrogens with zero attached hydrogens (tertiary/aromatic N) is 3. The van der Waals surface area contributed by atoms with Crippen molar-refractivity contribution in [2.45, 2.75) is 57.3 Å². The molecule has 4 rings (SSSR count). The fourth-order valence-corrected chi connectivity index (χ4v) is 4.58. The third kappa shape index (κ3) is 7.78. The predicted molar refractivity (Wildman–Crippen MR) is 140 cm³/mol. The monoisotopic (exact) mass is 566 g/mol. The molecule has 8 nitrogen and oxygen atoms in total. The van der Waals surface area contributed by atoms with Crippen LogP contribution in [0.5, 0.6) is 0 Å². The Kier molecular flexibility index (Phi) is 9.95. The highest BCUT2D eigenvalue weighted by atomic mass is 35.5. The number of amides is 1. The molecule has 3 atom stereocenters. The van der Waals surface area contributed by atoms with Crippen molar-refractivity contribution < 1.29 is 32.2 Å². The Morgan fingerprint density at radius 1 is 1.31 bits per heavy atom. The Balaban J connectivity index is 1.55. The minimum atomic E-state index is -5.06. The van der Waals surface area contributed by atoms with Gasteiger partial charge in [0.05, 0.1) is 36.7 Å². The lowest BCUT2D eigenvalue weighted by atomic mass is 10.0. The van der Waals surface area contributed by atoms with E-state index in [2.05, 4.69) is 15.4 Å². The van der Waals surface area contributed by atoms with Crippen LogP contribution in [0.25, 0.3) is 17.0 Å². The molecule has 210 valence electrons. The van der Waals surface area contributed by atoms with Crippen LogP contribution in [0.1, 0.15) is 43.5 Å². The maximum atomic E-state index is 13.2. The number of aromatic nitrogens is 3. The van der Waals surface area contributed by atoms with Crippen molar-refractivity contribution in [1.82, 2.24) is 20.1 Å². The number of benzene rings is 1. The number of carbonyl (C=O) groups excluding carboxylic acids is 1. The molecule has 1 saturated heterocycles. The summed E-state index contributed by atoms with van der Waals surface area (Å²) in [5, 5.41) is 7.56. The second kappa shape index (κ2) is 13.4. The van der Waals surface area contributed by atoms with E-state index in [9.17, 15) is 18.0 Å². The molecule has 3 unspecified atom stereocenters. The molecule has 2 aromatic heterocycles. The van der Waals surface area contributed by atoms with E-state index >= 15 is 0 Å². The van der Waals surface area contributed by atoms with Gasteiger partial charge in [0.1, 0.15) is 11.3 Å². The quantitative estimate of drug-likeness (QED) is 0.310. The highest BCUT2D eigenvalue weighted by Crippen LogP contribution is 2.26. The van der Waals surface area contributed by atoms with E-state index in [1.165, 1.54) is 0 Å². The smallest absolute Gasteiger partial charge is 0.369 e. The number of carbonyl (C=O) groups is 1. The lowest BCUT2D eigenvalue weighted by Crippen LogP contribution is -2.45. The molecule has 1 aliphatic heterocycles. The highest BCUT2D eigenvalue weighted by molar-refractivity contribution is 6.30. The van der Waals surface area contributed by atoms with E-state index in [-0.39, 0.29) is 13.2 Å². The fourth-order valence-electron chi connectivity index (χ4n) is 4.37. The first-order valence-electron chi connectivity index (χ1n) is 12.7. The molecule has 0 spiro atoms. The molecule has 39 heavy (non-hydrogen) atoms. The van der Waals surface area contributed by atoms with Crippen LogP contribution < -0.4 is 5.32 Å². The van der Waals surface area contributed by atoms with Crippen LogP contribution in [0.2, 0.25) is 5.15 Å². The highest BCUT2D eigenvalue weighted by Gasteiger charge is 2.41. The Morgan fingerprint density at radius 2 is 2.10 bits per heavy atom. The number of hydrogen-bond acceptors (Lipinski definition) is 6. The van der Waals surface area contributed by atoms with Crippen molar-refractivity contribution in [1.29, 1.82) is 0 Å². The first-order chi connectivity index (χ1) is 18.8. The van der Waals surface area contributed by atoms with Gasteiger partial charge in [-0.05, 0) is 43.9 Å². The molecule has 1 aliphatic rings. The minimum absolute atomic E-state index is 0.000715. The minimum Gasteiger partial charge on any atom is -0.369 e. The van der Waals surface area contributed by atoms with E-state index < -0.39 is 30.5 Å². The van der Waals surface area contributed by atoms with Gasteiger partial charge in [-0.1, -0.05) is 48.0 Å². The van der Waals surface area contributed by atoms with Crippen LogP contribution in [-0.2, 0) is 25.5 Å². The van der Waals surface area contributed by atoms with E-state index in [0.29, 0.717) is 36.0 Å². The van der Waals surface area contributed by atoms with Crippen molar-refractivity contribution in [3.8, 4) is 0 Å². The number of pyridine rings is 1. The molecule has 1 N–H and O–H groups in total. The van der Waals surface area contributed by atoms with Crippen molar-refractivity contribution in [2.75, 3.05) is 19.8 Å². The third-order valence-electron chi connectivity index (χ3n) is 6.25. The second-order valence-corrected chi connectivity index (χ2v) is 9.38. The molecule has 3 heterocycles. The molecule has 3 aromatic rings. The number of rotatable bonds is 11. The summed E-state index contributed by atoms with van der Waals surface area (Å²) < 4.78 is 59.0. The average Bonchev–Trinajstić information content (AvgIpc) is 3.35. The number of aryl methyl sites for hydroxylation is 1.